The Morgan fingerprint density at radius 1 is 1.19 bits per heavy atom. The van der Waals surface area contributed by atoms with Crippen LogP contribution in [0.1, 0.15) is 45.2 Å². The smallest absolute Gasteiger partial charge is 0.124 e. The lowest BCUT2D eigenvalue weighted by Gasteiger charge is -2.20. The average Bonchev–Trinajstić information content (AvgIpc) is 2.32. The first-order chi connectivity index (χ1) is 7.83. The Balaban J connectivity index is 2.81. The van der Waals surface area contributed by atoms with Crippen molar-refractivity contribution in [2.45, 2.75) is 39.7 Å². The fourth-order valence-corrected chi connectivity index (χ4v) is 1.85. The summed E-state index contributed by atoms with van der Waals surface area (Å²) >= 11 is 0. The highest BCUT2D eigenvalue weighted by molar-refractivity contribution is 5.35. The summed E-state index contributed by atoms with van der Waals surface area (Å²) in [6, 6.07) is 8.72. The van der Waals surface area contributed by atoms with Crippen LogP contribution in [0.25, 0.3) is 0 Å². The van der Waals surface area contributed by atoms with Crippen LogP contribution in [-0.2, 0) is 0 Å². The summed E-state index contributed by atoms with van der Waals surface area (Å²) in [5, 5.41) is 3.55. The van der Waals surface area contributed by atoms with Gasteiger partial charge in [0.15, 0.2) is 0 Å². The quantitative estimate of drug-likeness (QED) is 0.760. The molecule has 90 valence electrons. The second-order valence-corrected chi connectivity index (χ2v) is 3.89. The molecule has 0 aliphatic rings. The Labute approximate surface area is 99.0 Å². The van der Waals surface area contributed by atoms with Gasteiger partial charge < -0.3 is 10.1 Å². The molecular weight excluding hydrogens is 198 g/mol. The maximum atomic E-state index is 5.66. The first kappa shape index (κ1) is 13.0. The number of nitrogens with one attached hydrogen (secondary N) is 1. The molecule has 1 aromatic rings. The third-order valence-corrected chi connectivity index (χ3v) is 2.64. The molecule has 2 nitrogen and oxygen atoms in total. The van der Waals surface area contributed by atoms with Gasteiger partial charge >= 0.3 is 0 Å². The van der Waals surface area contributed by atoms with E-state index in [1.54, 1.807) is 0 Å². The predicted molar refractivity (Wildman–Crippen MR) is 68.9 cm³/mol. The molecule has 0 amide bonds. The van der Waals surface area contributed by atoms with Crippen molar-refractivity contribution >= 4 is 0 Å². The molecule has 16 heavy (non-hydrogen) atoms. The Morgan fingerprint density at radius 2 is 1.94 bits per heavy atom. The van der Waals surface area contributed by atoms with E-state index in [0.717, 1.165) is 31.7 Å². The summed E-state index contributed by atoms with van der Waals surface area (Å²) in [5.41, 5.74) is 1.28. The zero-order valence-corrected chi connectivity index (χ0v) is 10.6. The molecule has 0 bridgehead atoms. The highest BCUT2D eigenvalue weighted by Gasteiger charge is 2.12. The molecule has 1 rings (SSSR count). The first-order valence-corrected chi connectivity index (χ1v) is 6.28. The second kappa shape index (κ2) is 7.29. The molecular formula is C14H23NO. The molecule has 0 saturated heterocycles. The number of rotatable bonds is 7. The topological polar surface area (TPSA) is 21.3 Å². The fourth-order valence-electron chi connectivity index (χ4n) is 1.85. The van der Waals surface area contributed by atoms with Gasteiger partial charge in [0.1, 0.15) is 5.75 Å². The maximum absolute atomic E-state index is 5.66. The van der Waals surface area contributed by atoms with Crippen molar-refractivity contribution in [3.8, 4) is 5.75 Å². The minimum Gasteiger partial charge on any atom is -0.494 e. The van der Waals surface area contributed by atoms with Gasteiger partial charge in [0, 0.05) is 11.6 Å². The van der Waals surface area contributed by atoms with E-state index in [-0.39, 0.29) is 0 Å². The van der Waals surface area contributed by atoms with Crippen LogP contribution in [0.15, 0.2) is 24.3 Å². The van der Waals surface area contributed by atoms with Gasteiger partial charge in [0.25, 0.3) is 0 Å². The van der Waals surface area contributed by atoms with Crippen LogP contribution in [0, 0.1) is 0 Å². The Kier molecular flexibility index (Phi) is 5.94. The molecule has 0 aliphatic heterocycles. The van der Waals surface area contributed by atoms with Gasteiger partial charge in [-0.05, 0) is 32.4 Å². The van der Waals surface area contributed by atoms with E-state index in [1.165, 1.54) is 5.56 Å². The predicted octanol–water partition coefficient (Wildman–Crippen LogP) is 3.54. The highest BCUT2D eigenvalue weighted by Crippen LogP contribution is 2.26. The van der Waals surface area contributed by atoms with Crippen LogP contribution in [0.3, 0.4) is 0 Å². The van der Waals surface area contributed by atoms with Crippen molar-refractivity contribution in [2.24, 2.45) is 0 Å². The number of ether oxygens (including phenoxy) is 1. The molecule has 0 saturated carbocycles. The zero-order valence-electron chi connectivity index (χ0n) is 10.6. The van der Waals surface area contributed by atoms with Gasteiger partial charge in [0.05, 0.1) is 6.61 Å². The zero-order chi connectivity index (χ0) is 11.8. The number of hydrogen-bond acceptors (Lipinski definition) is 2. The van der Waals surface area contributed by atoms with Crippen LogP contribution in [0.4, 0.5) is 0 Å². The standard InChI is InChI=1S/C14H23NO/c1-4-11-15-13(5-2)12-9-7-8-10-14(12)16-6-3/h7-10,13,15H,4-6,11H2,1-3H3. The number of benzene rings is 1. The molecule has 0 aliphatic carbocycles. The van der Waals surface area contributed by atoms with Crippen molar-refractivity contribution in [2.75, 3.05) is 13.2 Å². The average molecular weight is 221 g/mol. The number of hydrogen-bond donors (Lipinski definition) is 1. The van der Waals surface area contributed by atoms with Crippen molar-refractivity contribution in [1.82, 2.24) is 5.32 Å². The molecule has 1 N–H and O–H groups in total. The highest BCUT2D eigenvalue weighted by atomic mass is 16.5. The summed E-state index contributed by atoms with van der Waals surface area (Å²) in [6.45, 7) is 8.20. The van der Waals surface area contributed by atoms with E-state index in [2.05, 4.69) is 37.4 Å². The summed E-state index contributed by atoms with van der Waals surface area (Å²) in [6.07, 6.45) is 2.25. The van der Waals surface area contributed by atoms with Gasteiger partial charge in [-0.15, -0.1) is 0 Å². The van der Waals surface area contributed by atoms with Crippen molar-refractivity contribution in [1.29, 1.82) is 0 Å². The van der Waals surface area contributed by atoms with E-state index in [1.807, 2.05) is 13.0 Å². The molecule has 0 spiro atoms. The SMILES string of the molecule is CCCNC(CC)c1ccccc1OCC. The van der Waals surface area contributed by atoms with E-state index in [9.17, 15) is 0 Å². The minimum atomic E-state index is 0.405. The molecule has 1 atom stereocenters. The molecule has 2 heteroatoms. The largest absolute Gasteiger partial charge is 0.494 e. The van der Waals surface area contributed by atoms with Crippen LogP contribution >= 0.6 is 0 Å². The summed E-state index contributed by atoms with van der Waals surface area (Å²) < 4.78 is 5.66. The van der Waals surface area contributed by atoms with E-state index in [0.29, 0.717) is 6.04 Å². The van der Waals surface area contributed by atoms with Crippen LogP contribution in [0.2, 0.25) is 0 Å². The van der Waals surface area contributed by atoms with Crippen LogP contribution in [-0.4, -0.2) is 13.2 Å². The maximum Gasteiger partial charge on any atom is 0.124 e. The van der Waals surface area contributed by atoms with Crippen molar-refractivity contribution in [3.63, 3.8) is 0 Å². The molecule has 1 unspecified atom stereocenters. The monoisotopic (exact) mass is 221 g/mol. The normalized spacial score (nSPS) is 12.4. The Hall–Kier alpha value is -1.02. The first-order valence-electron chi connectivity index (χ1n) is 6.28. The van der Waals surface area contributed by atoms with Crippen LogP contribution < -0.4 is 10.1 Å². The van der Waals surface area contributed by atoms with Gasteiger partial charge in [-0.2, -0.15) is 0 Å². The van der Waals surface area contributed by atoms with Gasteiger partial charge in [-0.1, -0.05) is 32.0 Å². The molecule has 1 aromatic carbocycles. The second-order valence-electron chi connectivity index (χ2n) is 3.89. The van der Waals surface area contributed by atoms with Crippen LogP contribution in [0.5, 0.6) is 5.75 Å². The lowest BCUT2D eigenvalue weighted by atomic mass is 10.0. The van der Waals surface area contributed by atoms with Crippen molar-refractivity contribution in [3.05, 3.63) is 29.8 Å². The minimum absolute atomic E-state index is 0.405. The Bertz CT molecular complexity index is 299. The van der Waals surface area contributed by atoms with Gasteiger partial charge in [-0.3, -0.25) is 0 Å². The fraction of sp³-hybridized carbons (Fsp3) is 0.571. The summed E-state index contributed by atoms with van der Waals surface area (Å²) in [4.78, 5) is 0. The van der Waals surface area contributed by atoms with Gasteiger partial charge in [0.2, 0.25) is 0 Å². The van der Waals surface area contributed by atoms with Crippen molar-refractivity contribution < 1.29 is 4.74 Å². The summed E-state index contributed by atoms with van der Waals surface area (Å²) in [7, 11) is 0. The lowest BCUT2D eigenvalue weighted by molar-refractivity contribution is 0.330. The summed E-state index contributed by atoms with van der Waals surface area (Å²) in [5.74, 6) is 1.01. The lowest BCUT2D eigenvalue weighted by Crippen LogP contribution is -2.22. The van der Waals surface area contributed by atoms with E-state index in [4.69, 9.17) is 4.74 Å². The van der Waals surface area contributed by atoms with Gasteiger partial charge in [-0.25, -0.2) is 0 Å². The third kappa shape index (κ3) is 3.53. The molecule has 0 fully saturated rings. The molecule has 0 aromatic heterocycles. The number of para-hydroxylation sites is 1. The molecule has 0 heterocycles. The van der Waals surface area contributed by atoms with E-state index >= 15 is 0 Å². The van der Waals surface area contributed by atoms with E-state index < -0.39 is 0 Å². The Morgan fingerprint density at radius 3 is 2.56 bits per heavy atom. The third-order valence-electron chi connectivity index (χ3n) is 2.64. The molecule has 0 radical (unpaired) electrons.